The van der Waals surface area contributed by atoms with E-state index in [1.165, 1.54) is 4.90 Å². The number of hydrogen-bond acceptors (Lipinski definition) is 5. The standard InChI is InChI=1S/C29H23BrN2O4/c1-16-7-11-19(12-8-16)31-28(34)24-22-13-9-17-5-3-4-6-21(17)32(22)26(25(24)29(31)35)27(33)18-10-14-23(36-2)20(30)15-18/h3-15,22,24-26H,1-2H3/t22-,24-,25-,26+/m1/s1. The molecule has 7 heteroatoms. The van der Waals surface area contributed by atoms with Crippen molar-refractivity contribution >= 4 is 51.0 Å². The first-order chi connectivity index (χ1) is 17.4. The molecule has 0 radical (unpaired) electrons. The van der Waals surface area contributed by atoms with Crippen LogP contribution in [0.1, 0.15) is 21.5 Å². The molecular weight excluding hydrogens is 520 g/mol. The zero-order valence-corrected chi connectivity index (χ0v) is 21.3. The highest BCUT2D eigenvalue weighted by atomic mass is 79.9. The molecule has 0 spiro atoms. The molecule has 6 rings (SSSR count). The Morgan fingerprint density at radius 2 is 1.67 bits per heavy atom. The third-order valence-electron chi connectivity index (χ3n) is 7.41. The van der Waals surface area contributed by atoms with E-state index >= 15 is 0 Å². The molecule has 3 aromatic carbocycles. The molecule has 3 aromatic rings. The third kappa shape index (κ3) is 3.26. The minimum absolute atomic E-state index is 0.201. The Labute approximate surface area is 217 Å². The van der Waals surface area contributed by atoms with E-state index in [0.717, 1.165) is 16.8 Å². The summed E-state index contributed by atoms with van der Waals surface area (Å²) in [6.45, 7) is 1.95. The zero-order chi connectivity index (χ0) is 25.1. The molecule has 0 bridgehead atoms. The van der Waals surface area contributed by atoms with Crippen LogP contribution in [0.4, 0.5) is 11.4 Å². The summed E-state index contributed by atoms with van der Waals surface area (Å²) in [6, 6.07) is 19.0. The number of imide groups is 1. The quantitative estimate of drug-likeness (QED) is 0.341. The summed E-state index contributed by atoms with van der Waals surface area (Å²) < 4.78 is 5.98. The lowest BCUT2D eigenvalue weighted by Crippen LogP contribution is -2.48. The fraction of sp³-hybridized carbons (Fsp3) is 0.207. The highest BCUT2D eigenvalue weighted by Crippen LogP contribution is 2.50. The molecule has 0 N–H and O–H groups in total. The molecular formula is C29H23BrN2O4. The van der Waals surface area contributed by atoms with Crippen molar-refractivity contribution < 1.29 is 19.1 Å². The molecule has 4 atom stereocenters. The summed E-state index contributed by atoms with van der Waals surface area (Å²) in [7, 11) is 1.56. The van der Waals surface area contributed by atoms with Crippen molar-refractivity contribution in [3.05, 3.63) is 94.0 Å². The van der Waals surface area contributed by atoms with Gasteiger partial charge < -0.3 is 9.64 Å². The summed E-state index contributed by atoms with van der Waals surface area (Å²) in [5.41, 5.74) is 3.84. The minimum atomic E-state index is -0.821. The number of hydrogen-bond donors (Lipinski definition) is 0. The third-order valence-corrected chi connectivity index (χ3v) is 8.03. The molecule has 3 heterocycles. The Bertz CT molecular complexity index is 1450. The van der Waals surface area contributed by atoms with Crippen LogP contribution < -0.4 is 14.5 Å². The molecule has 6 nitrogen and oxygen atoms in total. The van der Waals surface area contributed by atoms with E-state index in [0.29, 0.717) is 21.5 Å². The normalized spacial score (nSPS) is 24.0. The van der Waals surface area contributed by atoms with E-state index in [2.05, 4.69) is 15.9 Å². The van der Waals surface area contributed by atoms with Crippen LogP contribution in [0.15, 0.2) is 77.3 Å². The maximum Gasteiger partial charge on any atom is 0.240 e. The first-order valence-electron chi connectivity index (χ1n) is 11.8. The van der Waals surface area contributed by atoms with Gasteiger partial charge in [-0.15, -0.1) is 0 Å². The first-order valence-corrected chi connectivity index (χ1v) is 12.6. The van der Waals surface area contributed by atoms with Gasteiger partial charge in [0.15, 0.2) is 5.78 Å². The van der Waals surface area contributed by atoms with E-state index in [4.69, 9.17) is 4.74 Å². The van der Waals surface area contributed by atoms with Crippen molar-refractivity contribution in [3.8, 4) is 5.75 Å². The number of ketones is 1. The maximum absolute atomic E-state index is 14.1. The van der Waals surface area contributed by atoms with Gasteiger partial charge in [0.25, 0.3) is 0 Å². The Hall–Kier alpha value is -3.71. The molecule has 180 valence electrons. The molecule has 0 saturated carbocycles. The number of rotatable bonds is 4. The molecule has 2 fully saturated rings. The predicted molar refractivity (Wildman–Crippen MR) is 141 cm³/mol. The Morgan fingerprint density at radius 3 is 2.39 bits per heavy atom. The lowest BCUT2D eigenvalue weighted by Gasteiger charge is -2.36. The van der Waals surface area contributed by atoms with Crippen LogP contribution in [0.25, 0.3) is 6.08 Å². The van der Waals surface area contributed by atoms with Crippen LogP contribution >= 0.6 is 15.9 Å². The van der Waals surface area contributed by atoms with E-state index in [1.807, 2.05) is 60.4 Å². The monoisotopic (exact) mass is 542 g/mol. The number of carbonyl (C=O) groups is 3. The van der Waals surface area contributed by atoms with Crippen molar-refractivity contribution in [2.45, 2.75) is 19.0 Å². The summed E-state index contributed by atoms with van der Waals surface area (Å²) in [6.07, 6.45) is 3.94. The van der Waals surface area contributed by atoms with Crippen LogP contribution in [0, 0.1) is 18.8 Å². The minimum Gasteiger partial charge on any atom is -0.496 e. The van der Waals surface area contributed by atoms with Crippen LogP contribution in [0.3, 0.4) is 0 Å². The van der Waals surface area contributed by atoms with Gasteiger partial charge in [-0.2, -0.15) is 0 Å². The lowest BCUT2D eigenvalue weighted by atomic mass is 9.86. The van der Waals surface area contributed by atoms with Gasteiger partial charge in [0.05, 0.1) is 35.1 Å². The number of benzene rings is 3. The number of anilines is 2. The number of ether oxygens (including phenoxy) is 1. The Morgan fingerprint density at radius 1 is 0.944 bits per heavy atom. The molecule has 3 aliphatic rings. The average molecular weight is 543 g/mol. The second-order valence-corrected chi connectivity index (χ2v) is 10.2. The maximum atomic E-state index is 14.1. The topological polar surface area (TPSA) is 66.9 Å². The largest absolute Gasteiger partial charge is 0.496 e. The van der Waals surface area contributed by atoms with Gasteiger partial charge in [-0.3, -0.25) is 14.4 Å². The van der Waals surface area contributed by atoms with Gasteiger partial charge in [-0.1, -0.05) is 48.0 Å². The lowest BCUT2D eigenvalue weighted by molar-refractivity contribution is -0.122. The van der Waals surface area contributed by atoms with Crippen molar-refractivity contribution in [2.24, 2.45) is 11.8 Å². The highest BCUT2D eigenvalue weighted by Gasteiger charge is 2.64. The number of methoxy groups -OCH3 is 1. The van der Waals surface area contributed by atoms with E-state index in [1.54, 1.807) is 37.4 Å². The second kappa shape index (κ2) is 8.45. The molecule has 0 unspecified atom stereocenters. The summed E-state index contributed by atoms with van der Waals surface area (Å²) in [5.74, 6) is -1.64. The van der Waals surface area contributed by atoms with Gasteiger partial charge in [-0.05, 0) is 64.8 Å². The number of Topliss-reactive ketones (excluding diaryl/α,β-unsaturated/α-hetero) is 1. The van der Waals surface area contributed by atoms with Crippen LogP contribution in [0.5, 0.6) is 5.75 Å². The number of aryl methyl sites for hydroxylation is 1. The van der Waals surface area contributed by atoms with Crippen LogP contribution in [-0.4, -0.2) is 36.8 Å². The van der Waals surface area contributed by atoms with Gasteiger partial charge in [0.1, 0.15) is 11.8 Å². The van der Waals surface area contributed by atoms with E-state index in [9.17, 15) is 14.4 Å². The molecule has 0 aliphatic carbocycles. The molecule has 2 amide bonds. The summed E-state index contributed by atoms with van der Waals surface area (Å²) in [4.78, 5) is 45.1. The summed E-state index contributed by atoms with van der Waals surface area (Å²) >= 11 is 3.47. The van der Waals surface area contributed by atoms with Gasteiger partial charge in [0.2, 0.25) is 11.8 Å². The Balaban J connectivity index is 1.48. The first kappa shape index (κ1) is 22.7. The highest BCUT2D eigenvalue weighted by molar-refractivity contribution is 9.10. The van der Waals surface area contributed by atoms with E-state index in [-0.39, 0.29) is 17.6 Å². The fourth-order valence-electron chi connectivity index (χ4n) is 5.75. The number of carbonyl (C=O) groups excluding carboxylic acids is 3. The van der Waals surface area contributed by atoms with Crippen LogP contribution in [-0.2, 0) is 9.59 Å². The summed E-state index contributed by atoms with van der Waals surface area (Å²) in [5, 5.41) is 0. The second-order valence-electron chi connectivity index (χ2n) is 9.37. The number of nitrogens with zero attached hydrogens (tertiary/aromatic N) is 2. The van der Waals surface area contributed by atoms with Gasteiger partial charge in [0, 0.05) is 11.3 Å². The Kier molecular flexibility index (Phi) is 5.34. The van der Waals surface area contributed by atoms with Crippen molar-refractivity contribution in [3.63, 3.8) is 0 Å². The average Bonchev–Trinajstić information content (AvgIpc) is 3.37. The van der Waals surface area contributed by atoms with Gasteiger partial charge >= 0.3 is 0 Å². The molecule has 3 aliphatic heterocycles. The number of amides is 2. The molecule has 0 aromatic heterocycles. The number of halogens is 1. The smallest absolute Gasteiger partial charge is 0.240 e. The van der Waals surface area contributed by atoms with Gasteiger partial charge in [-0.25, -0.2) is 4.90 Å². The number of fused-ring (bicyclic) bond motifs is 5. The molecule has 36 heavy (non-hydrogen) atoms. The molecule has 2 saturated heterocycles. The van der Waals surface area contributed by atoms with Crippen molar-refractivity contribution in [1.82, 2.24) is 0 Å². The van der Waals surface area contributed by atoms with E-state index < -0.39 is 23.9 Å². The van der Waals surface area contributed by atoms with Crippen molar-refractivity contribution in [2.75, 3.05) is 16.9 Å². The number of para-hydroxylation sites is 1. The van der Waals surface area contributed by atoms with Crippen LogP contribution in [0.2, 0.25) is 0 Å². The van der Waals surface area contributed by atoms with Crippen molar-refractivity contribution in [1.29, 1.82) is 0 Å². The zero-order valence-electron chi connectivity index (χ0n) is 19.7. The fourth-order valence-corrected chi connectivity index (χ4v) is 6.29. The SMILES string of the molecule is COc1ccc(C(=O)[C@@H]2[C@@H]3C(=O)N(c4ccc(C)cc4)C(=O)[C@@H]3[C@H]3C=Cc4ccccc4N32)cc1Br. The predicted octanol–water partition coefficient (Wildman–Crippen LogP) is 5.04.